The number of aldehydes is 1. The number of carbonyl (C=O) groups is 1. The Labute approximate surface area is 124 Å². The van der Waals surface area contributed by atoms with Crippen molar-refractivity contribution >= 4 is 27.9 Å². The van der Waals surface area contributed by atoms with Gasteiger partial charge in [-0.1, -0.05) is 15.9 Å². The van der Waals surface area contributed by atoms with E-state index in [4.69, 9.17) is 4.84 Å². The first kappa shape index (κ1) is 14.9. The second-order valence-corrected chi connectivity index (χ2v) is 5.67. The van der Waals surface area contributed by atoms with Crippen LogP contribution in [-0.2, 0) is 9.63 Å². The minimum atomic E-state index is -0.772. The van der Waals surface area contributed by atoms with E-state index < -0.39 is 12.1 Å². The number of hydrogen-bond acceptors (Lipinski definition) is 5. The molecule has 3 atom stereocenters. The average molecular weight is 343 g/mol. The van der Waals surface area contributed by atoms with Gasteiger partial charge in [0.2, 0.25) is 6.04 Å². The van der Waals surface area contributed by atoms with Gasteiger partial charge >= 0.3 is 0 Å². The third kappa shape index (κ3) is 3.16. The summed E-state index contributed by atoms with van der Waals surface area (Å²) in [4.78, 5) is 27.2. The zero-order chi connectivity index (χ0) is 14.7. The number of nitro groups is 1. The first-order valence-electron chi connectivity index (χ1n) is 6.33. The molecule has 1 aliphatic rings. The van der Waals surface area contributed by atoms with Gasteiger partial charge in [0.25, 0.3) is 0 Å². The van der Waals surface area contributed by atoms with Gasteiger partial charge in [0.15, 0.2) is 6.29 Å². The van der Waals surface area contributed by atoms with Crippen LogP contribution in [0.4, 0.5) is 5.69 Å². The molecule has 0 aliphatic carbocycles. The number of carbonyl (C=O) groups excluding carboxylic acids is 1. The third-order valence-electron chi connectivity index (χ3n) is 3.42. The van der Waals surface area contributed by atoms with Crippen LogP contribution < -0.4 is 5.06 Å². The fraction of sp³-hybridized carbons (Fsp3) is 0.462. The van der Waals surface area contributed by atoms with Gasteiger partial charge in [-0.15, -0.1) is 0 Å². The Morgan fingerprint density at radius 1 is 1.45 bits per heavy atom. The van der Waals surface area contributed by atoms with Crippen molar-refractivity contribution < 1.29 is 14.6 Å². The van der Waals surface area contributed by atoms with Crippen LogP contribution in [0.25, 0.3) is 0 Å². The minimum absolute atomic E-state index is 0.318. The van der Waals surface area contributed by atoms with Crippen LogP contribution in [0.5, 0.6) is 0 Å². The molecular formula is C13H15BrN2O4. The molecule has 0 aromatic heterocycles. The summed E-state index contributed by atoms with van der Waals surface area (Å²) in [5, 5.41) is 12.5. The van der Waals surface area contributed by atoms with Crippen molar-refractivity contribution in [3.8, 4) is 0 Å². The smallest absolute Gasteiger partial charge is 0.232 e. The van der Waals surface area contributed by atoms with Crippen molar-refractivity contribution in [2.24, 2.45) is 0 Å². The summed E-state index contributed by atoms with van der Waals surface area (Å²) in [6.45, 7) is 1.56. The Balaban J connectivity index is 2.28. The van der Waals surface area contributed by atoms with Gasteiger partial charge in [0, 0.05) is 16.3 Å². The summed E-state index contributed by atoms with van der Waals surface area (Å²) in [6, 6.07) is 6.11. The molecule has 1 aromatic rings. The Bertz CT molecular complexity index is 494. The lowest BCUT2D eigenvalue weighted by atomic mass is 10.00. The molecule has 2 rings (SSSR count). The molecule has 0 bridgehead atoms. The van der Waals surface area contributed by atoms with Gasteiger partial charge in [-0.25, -0.2) is 5.06 Å². The van der Waals surface area contributed by atoms with Crippen molar-refractivity contribution in [3.63, 3.8) is 0 Å². The quantitative estimate of drug-likeness (QED) is 0.477. The van der Waals surface area contributed by atoms with Gasteiger partial charge < -0.3 is 4.79 Å². The number of rotatable bonds is 4. The van der Waals surface area contributed by atoms with E-state index in [2.05, 4.69) is 15.9 Å². The zero-order valence-electron chi connectivity index (χ0n) is 10.9. The average Bonchev–Trinajstić information content (AvgIpc) is 2.46. The first-order valence-corrected chi connectivity index (χ1v) is 7.12. The predicted octanol–water partition coefficient (Wildman–Crippen LogP) is 2.58. The van der Waals surface area contributed by atoms with E-state index in [1.54, 1.807) is 19.1 Å². The van der Waals surface area contributed by atoms with Crippen LogP contribution in [0.15, 0.2) is 28.7 Å². The molecular weight excluding hydrogens is 328 g/mol. The molecule has 6 nitrogen and oxygen atoms in total. The van der Waals surface area contributed by atoms with Gasteiger partial charge in [-0.05, 0) is 37.1 Å². The maximum absolute atomic E-state index is 11.0. The third-order valence-corrected chi connectivity index (χ3v) is 3.95. The molecule has 20 heavy (non-hydrogen) atoms. The summed E-state index contributed by atoms with van der Waals surface area (Å²) in [7, 11) is 0. The van der Waals surface area contributed by atoms with Crippen molar-refractivity contribution in [2.45, 2.75) is 38.0 Å². The molecule has 1 aromatic carbocycles. The molecule has 1 aliphatic heterocycles. The number of hydrogen-bond donors (Lipinski definition) is 0. The van der Waals surface area contributed by atoms with Crippen LogP contribution in [0.2, 0.25) is 0 Å². The van der Waals surface area contributed by atoms with Crippen LogP contribution in [0, 0.1) is 10.1 Å². The molecule has 0 unspecified atom stereocenters. The minimum Gasteiger partial charge on any atom is -0.300 e. The van der Waals surface area contributed by atoms with E-state index >= 15 is 0 Å². The molecule has 1 heterocycles. The second-order valence-electron chi connectivity index (χ2n) is 4.75. The summed E-state index contributed by atoms with van der Waals surface area (Å²) in [5.74, 6) is 0. The standard InChI is InChI=1S/C13H15BrN2O4/c1-9(16(18)19)13-7-6-12(8-17)20-15(13)11-4-2-10(14)3-5-11/h2-5,8-9,12-13H,6-7H2,1H3/t9-,12+,13+/m0/s1. The Kier molecular flexibility index (Phi) is 4.72. The van der Waals surface area contributed by atoms with Gasteiger partial charge in [0.1, 0.15) is 12.1 Å². The number of nitrogens with zero attached hydrogens (tertiary/aromatic N) is 2. The van der Waals surface area contributed by atoms with E-state index in [0.29, 0.717) is 18.5 Å². The topological polar surface area (TPSA) is 72.7 Å². The van der Waals surface area contributed by atoms with Crippen molar-refractivity contribution in [1.82, 2.24) is 0 Å². The van der Waals surface area contributed by atoms with Gasteiger partial charge in [0.05, 0.1) is 5.69 Å². The predicted molar refractivity (Wildman–Crippen MR) is 77.0 cm³/mol. The highest BCUT2D eigenvalue weighted by Crippen LogP contribution is 2.29. The van der Waals surface area contributed by atoms with Crippen LogP contribution in [0.3, 0.4) is 0 Å². The molecule has 0 amide bonds. The molecule has 0 radical (unpaired) electrons. The zero-order valence-corrected chi connectivity index (χ0v) is 12.5. The van der Waals surface area contributed by atoms with Crippen molar-refractivity contribution in [2.75, 3.05) is 5.06 Å². The monoisotopic (exact) mass is 342 g/mol. The Morgan fingerprint density at radius 2 is 2.10 bits per heavy atom. The molecule has 0 spiro atoms. The molecule has 1 saturated heterocycles. The van der Waals surface area contributed by atoms with Crippen molar-refractivity contribution in [3.05, 3.63) is 38.9 Å². The normalized spacial score (nSPS) is 24.2. The van der Waals surface area contributed by atoms with Crippen LogP contribution in [0.1, 0.15) is 19.8 Å². The number of hydroxylamine groups is 1. The van der Waals surface area contributed by atoms with E-state index in [9.17, 15) is 14.9 Å². The van der Waals surface area contributed by atoms with Gasteiger partial charge in [-0.2, -0.15) is 0 Å². The van der Waals surface area contributed by atoms with E-state index in [1.807, 2.05) is 12.1 Å². The van der Waals surface area contributed by atoms with E-state index in [1.165, 1.54) is 5.06 Å². The molecule has 7 heteroatoms. The Hall–Kier alpha value is -1.47. The SMILES string of the molecule is C[C@@H]([C@H]1CC[C@H](C=O)ON1c1ccc(Br)cc1)[N+](=O)[O-]. The molecule has 0 N–H and O–H groups in total. The summed E-state index contributed by atoms with van der Waals surface area (Å²) >= 11 is 3.34. The highest BCUT2D eigenvalue weighted by molar-refractivity contribution is 9.10. The highest BCUT2D eigenvalue weighted by atomic mass is 79.9. The highest BCUT2D eigenvalue weighted by Gasteiger charge is 2.38. The fourth-order valence-electron chi connectivity index (χ4n) is 2.24. The largest absolute Gasteiger partial charge is 0.300 e. The maximum Gasteiger partial charge on any atom is 0.232 e. The summed E-state index contributed by atoms with van der Waals surface area (Å²) in [6.07, 6.45) is 1.23. The molecule has 1 fully saturated rings. The molecule has 0 saturated carbocycles. The summed E-state index contributed by atoms with van der Waals surface area (Å²) in [5.41, 5.74) is 0.707. The van der Waals surface area contributed by atoms with E-state index in [-0.39, 0.29) is 11.0 Å². The first-order chi connectivity index (χ1) is 9.52. The van der Waals surface area contributed by atoms with Gasteiger partial charge in [-0.3, -0.25) is 15.0 Å². The maximum atomic E-state index is 11.0. The lowest BCUT2D eigenvalue weighted by Gasteiger charge is -2.38. The lowest BCUT2D eigenvalue weighted by molar-refractivity contribution is -0.523. The number of halogens is 1. The Morgan fingerprint density at radius 3 is 2.65 bits per heavy atom. The fourth-order valence-corrected chi connectivity index (χ4v) is 2.50. The van der Waals surface area contributed by atoms with E-state index in [0.717, 1.165) is 10.8 Å². The van der Waals surface area contributed by atoms with Crippen LogP contribution >= 0.6 is 15.9 Å². The number of benzene rings is 1. The second kappa shape index (κ2) is 6.32. The number of anilines is 1. The summed E-state index contributed by atoms with van der Waals surface area (Å²) < 4.78 is 0.907. The van der Waals surface area contributed by atoms with Crippen molar-refractivity contribution in [1.29, 1.82) is 0 Å². The lowest BCUT2D eigenvalue weighted by Crippen LogP contribution is -2.51. The molecule has 108 valence electrons. The van der Waals surface area contributed by atoms with Crippen LogP contribution in [-0.4, -0.2) is 29.4 Å².